The lowest BCUT2D eigenvalue weighted by molar-refractivity contribution is -0.151. The number of rotatable bonds is 2. The number of hydrogen-bond acceptors (Lipinski definition) is 3. The number of carbonyl (C=O) groups is 2. The third-order valence-corrected chi connectivity index (χ3v) is 4.23. The normalized spacial score (nSPS) is 25.8. The third kappa shape index (κ3) is 1.54. The minimum absolute atomic E-state index is 0.100. The Morgan fingerprint density at radius 3 is 2.63 bits per heavy atom. The van der Waals surface area contributed by atoms with E-state index in [9.17, 15) is 14.7 Å². The van der Waals surface area contributed by atoms with Crippen LogP contribution in [0.4, 0.5) is 5.69 Å². The molecule has 6 heteroatoms. The Labute approximate surface area is 115 Å². The van der Waals surface area contributed by atoms with Crippen molar-refractivity contribution in [3.8, 4) is 0 Å². The topological polar surface area (TPSA) is 60.9 Å². The van der Waals surface area contributed by atoms with Crippen molar-refractivity contribution < 1.29 is 14.7 Å². The molecular weight excluding hydrogens is 268 g/mol. The fourth-order valence-corrected chi connectivity index (χ4v) is 3.30. The van der Waals surface area contributed by atoms with Crippen molar-refractivity contribution in [2.75, 3.05) is 18.0 Å². The van der Waals surface area contributed by atoms with Gasteiger partial charge in [0.25, 0.3) is 0 Å². The molecule has 0 aromatic heterocycles. The third-order valence-electron chi connectivity index (χ3n) is 3.91. The maximum atomic E-state index is 11.8. The summed E-state index contributed by atoms with van der Waals surface area (Å²) in [4.78, 5) is 26.8. The molecule has 0 bridgehead atoms. The van der Waals surface area contributed by atoms with Crippen molar-refractivity contribution in [1.29, 1.82) is 0 Å². The fraction of sp³-hybridized carbons (Fsp3) is 0.385. The number of carbonyl (C=O) groups excluding carboxylic acids is 1. The van der Waals surface area contributed by atoms with Gasteiger partial charge in [0.1, 0.15) is 0 Å². The van der Waals surface area contributed by atoms with Crippen LogP contribution in [0.1, 0.15) is 12.8 Å². The number of nitrogens with zero attached hydrogens (tertiary/aromatic N) is 2. The molecule has 2 heterocycles. The van der Waals surface area contributed by atoms with Crippen LogP contribution in [0.3, 0.4) is 0 Å². The van der Waals surface area contributed by atoms with Crippen LogP contribution in [0.25, 0.3) is 0 Å². The first-order valence-electron chi connectivity index (χ1n) is 6.13. The Morgan fingerprint density at radius 2 is 1.95 bits per heavy atom. The van der Waals surface area contributed by atoms with Gasteiger partial charge in [-0.2, -0.15) is 0 Å². The fourth-order valence-electron chi connectivity index (χ4n) is 3.06. The van der Waals surface area contributed by atoms with Crippen LogP contribution in [0.2, 0.25) is 5.02 Å². The minimum Gasteiger partial charge on any atom is -0.478 e. The molecule has 1 amide bonds. The molecule has 19 heavy (non-hydrogen) atoms. The van der Waals surface area contributed by atoms with Gasteiger partial charge in [-0.05, 0) is 12.1 Å². The molecule has 2 aliphatic heterocycles. The molecule has 0 radical (unpaired) electrons. The number of fused-ring (bicyclic) bond motifs is 1. The zero-order valence-electron chi connectivity index (χ0n) is 10.2. The number of amides is 1. The first-order valence-corrected chi connectivity index (χ1v) is 6.51. The van der Waals surface area contributed by atoms with Crippen LogP contribution in [-0.2, 0) is 9.59 Å². The van der Waals surface area contributed by atoms with Crippen molar-refractivity contribution >= 4 is 29.2 Å². The smallest absolute Gasteiger partial charge is 0.350 e. The highest BCUT2D eigenvalue weighted by Crippen LogP contribution is 2.42. The van der Waals surface area contributed by atoms with Gasteiger partial charge < -0.3 is 14.9 Å². The van der Waals surface area contributed by atoms with Crippen LogP contribution >= 0.6 is 11.6 Å². The zero-order chi connectivity index (χ0) is 13.6. The van der Waals surface area contributed by atoms with Crippen LogP contribution < -0.4 is 4.90 Å². The summed E-state index contributed by atoms with van der Waals surface area (Å²) in [5, 5.41) is 10.1. The van der Waals surface area contributed by atoms with Gasteiger partial charge >= 0.3 is 5.97 Å². The summed E-state index contributed by atoms with van der Waals surface area (Å²) in [6.45, 7) is 0.915. The second-order valence-corrected chi connectivity index (χ2v) is 5.18. The van der Waals surface area contributed by atoms with Crippen LogP contribution in [0.5, 0.6) is 0 Å². The highest BCUT2D eigenvalue weighted by atomic mass is 35.5. The molecule has 0 saturated carbocycles. The first kappa shape index (κ1) is 12.3. The van der Waals surface area contributed by atoms with E-state index in [4.69, 9.17) is 11.6 Å². The van der Waals surface area contributed by atoms with Crippen molar-refractivity contribution in [3.05, 3.63) is 29.3 Å². The van der Waals surface area contributed by atoms with Crippen LogP contribution in [-0.4, -0.2) is 40.6 Å². The Bertz CT molecular complexity index is 563. The number of anilines is 1. The molecule has 100 valence electrons. The number of halogens is 1. The van der Waals surface area contributed by atoms with Crippen LogP contribution in [0.15, 0.2) is 24.3 Å². The monoisotopic (exact) mass is 280 g/mol. The molecule has 0 spiro atoms. The predicted octanol–water partition coefficient (Wildman–Crippen LogP) is 1.56. The number of carboxylic acid groups (broad SMARTS) is 1. The van der Waals surface area contributed by atoms with Crippen molar-refractivity contribution in [1.82, 2.24) is 4.90 Å². The summed E-state index contributed by atoms with van der Waals surface area (Å²) in [6, 6.07) is 7.13. The quantitative estimate of drug-likeness (QED) is 0.893. The van der Waals surface area contributed by atoms with Gasteiger partial charge in [-0.25, -0.2) is 4.79 Å². The van der Waals surface area contributed by atoms with E-state index in [0.29, 0.717) is 30.2 Å². The molecule has 2 saturated heterocycles. The Kier molecular flexibility index (Phi) is 2.67. The molecule has 3 rings (SSSR count). The second-order valence-electron chi connectivity index (χ2n) is 4.77. The molecule has 2 aliphatic rings. The molecule has 1 unspecified atom stereocenters. The summed E-state index contributed by atoms with van der Waals surface area (Å²) in [5.41, 5.74) is -0.592. The maximum Gasteiger partial charge on any atom is 0.350 e. The van der Waals surface area contributed by atoms with Crippen LogP contribution in [0, 0.1) is 0 Å². The molecular formula is C13H13ClN2O3. The standard InChI is InChI=1S/C13H13ClN2O3/c14-9-3-1-2-4-10(9)15-7-8-16-11(17)5-6-13(15,16)12(18)19/h1-4H,5-8H2,(H,18,19). The van der Waals surface area contributed by atoms with E-state index in [-0.39, 0.29) is 12.3 Å². The van der Waals surface area contributed by atoms with Crippen molar-refractivity contribution in [2.45, 2.75) is 18.5 Å². The lowest BCUT2D eigenvalue weighted by atomic mass is 10.1. The first-order chi connectivity index (χ1) is 9.07. The average Bonchev–Trinajstić information content (AvgIpc) is 2.90. The van der Waals surface area contributed by atoms with E-state index in [0.717, 1.165) is 0 Å². The number of para-hydroxylation sites is 1. The minimum atomic E-state index is -1.26. The highest BCUT2D eigenvalue weighted by Gasteiger charge is 2.59. The molecule has 1 aromatic carbocycles. The number of hydrogen-bond donors (Lipinski definition) is 1. The summed E-state index contributed by atoms with van der Waals surface area (Å²) < 4.78 is 0. The average molecular weight is 281 g/mol. The number of aliphatic carboxylic acids is 1. The van der Waals surface area contributed by atoms with E-state index in [2.05, 4.69) is 0 Å². The summed E-state index contributed by atoms with van der Waals surface area (Å²) >= 11 is 6.16. The van der Waals surface area contributed by atoms with Crippen molar-refractivity contribution in [2.24, 2.45) is 0 Å². The lowest BCUT2D eigenvalue weighted by Crippen LogP contribution is -2.57. The van der Waals surface area contributed by atoms with Gasteiger partial charge in [-0.1, -0.05) is 23.7 Å². The van der Waals surface area contributed by atoms with Gasteiger partial charge in [0, 0.05) is 25.9 Å². The van der Waals surface area contributed by atoms with Gasteiger partial charge in [-0.15, -0.1) is 0 Å². The summed E-state index contributed by atoms with van der Waals surface area (Å²) in [6.07, 6.45) is 0.569. The number of benzene rings is 1. The van der Waals surface area contributed by atoms with E-state index < -0.39 is 11.6 Å². The predicted molar refractivity (Wildman–Crippen MR) is 70.1 cm³/mol. The van der Waals surface area contributed by atoms with E-state index >= 15 is 0 Å². The highest BCUT2D eigenvalue weighted by molar-refractivity contribution is 6.33. The van der Waals surface area contributed by atoms with E-state index in [1.165, 1.54) is 4.90 Å². The van der Waals surface area contributed by atoms with Gasteiger partial charge in [0.2, 0.25) is 11.6 Å². The van der Waals surface area contributed by atoms with Gasteiger partial charge in [0.05, 0.1) is 10.7 Å². The molecule has 1 aromatic rings. The molecule has 1 N–H and O–H groups in total. The van der Waals surface area contributed by atoms with E-state index in [1.54, 1.807) is 23.1 Å². The second kappa shape index (κ2) is 4.13. The zero-order valence-corrected chi connectivity index (χ0v) is 10.9. The van der Waals surface area contributed by atoms with Gasteiger partial charge in [0.15, 0.2) is 0 Å². The molecule has 2 fully saturated rings. The largest absolute Gasteiger partial charge is 0.478 e. The Hall–Kier alpha value is -1.75. The van der Waals surface area contributed by atoms with E-state index in [1.807, 2.05) is 6.07 Å². The molecule has 5 nitrogen and oxygen atoms in total. The number of carboxylic acids is 1. The summed E-state index contributed by atoms with van der Waals surface area (Å²) in [5.74, 6) is -1.09. The SMILES string of the molecule is O=C1CCC2(C(=O)O)N1CCN2c1ccccc1Cl. The lowest BCUT2D eigenvalue weighted by Gasteiger charge is -2.36. The Morgan fingerprint density at radius 1 is 1.26 bits per heavy atom. The molecule has 1 atom stereocenters. The Balaban J connectivity index is 2.10. The molecule has 0 aliphatic carbocycles. The summed E-state index contributed by atoms with van der Waals surface area (Å²) in [7, 11) is 0. The van der Waals surface area contributed by atoms with Gasteiger partial charge in [-0.3, -0.25) is 4.79 Å². The maximum absolute atomic E-state index is 11.8. The van der Waals surface area contributed by atoms with Crippen molar-refractivity contribution in [3.63, 3.8) is 0 Å².